The number of fused-ring (bicyclic) bond motifs is 2. The lowest BCUT2D eigenvalue weighted by atomic mass is 10.1. The molecular formula is C22H14Cl3N3O4. The number of nitrogens with zero attached hydrogens (tertiary/aromatic N) is 2. The van der Waals surface area contributed by atoms with Crippen LogP contribution in [0.15, 0.2) is 57.3 Å². The highest BCUT2D eigenvalue weighted by molar-refractivity contribution is 6.54. The van der Waals surface area contributed by atoms with Gasteiger partial charge in [-0.15, -0.1) is 0 Å². The molecule has 32 heavy (non-hydrogen) atoms. The van der Waals surface area contributed by atoms with Crippen molar-refractivity contribution in [2.75, 3.05) is 5.32 Å². The van der Waals surface area contributed by atoms with Crippen molar-refractivity contribution in [3.05, 3.63) is 79.3 Å². The summed E-state index contributed by atoms with van der Waals surface area (Å²) < 4.78 is 1.61. The highest BCUT2D eigenvalue weighted by Crippen LogP contribution is 2.30. The third-order valence-electron chi connectivity index (χ3n) is 4.92. The van der Waals surface area contributed by atoms with Gasteiger partial charge in [0, 0.05) is 17.3 Å². The van der Waals surface area contributed by atoms with Crippen molar-refractivity contribution in [3.8, 4) is 0 Å². The molecule has 1 aromatic heterocycles. The second-order valence-corrected chi connectivity index (χ2v) is 8.12. The van der Waals surface area contributed by atoms with Gasteiger partial charge in [0.1, 0.15) is 15.9 Å². The number of carbonyl (C=O) groups excluding carboxylic acids is 1. The number of anilines is 1. The number of rotatable bonds is 4. The number of allylic oxidation sites excluding steroid dienone is 1. The quantitative estimate of drug-likeness (QED) is 0.516. The predicted molar refractivity (Wildman–Crippen MR) is 125 cm³/mol. The third-order valence-corrected chi connectivity index (χ3v) is 6.07. The molecule has 7 nitrogen and oxygen atoms in total. The SMILES string of the molecule is O=C(O)/C(Cl)=C(/Cl)C(=O)Nc1ccc2c(=O)n3c(nc2c1)C(=Cc1ccccc1Cl)CC3. The van der Waals surface area contributed by atoms with Gasteiger partial charge in [-0.25, -0.2) is 9.78 Å². The number of hydrogen-bond acceptors (Lipinski definition) is 4. The Balaban J connectivity index is 1.74. The second-order valence-electron chi connectivity index (χ2n) is 6.95. The minimum atomic E-state index is -1.52. The van der Waals surface area contributed by atoms with E-state index in [9.17, 15) is 14.4 Å². The molecule has 0 aliphatic carbocycles. The van der Waals surface area contributed by atoms with Crippen LogP contribution in [0, 0.1) is 0 Å². The number of carboxylic acids is 1. The van der Waals surface area contributed by atoms with Gasteiger partial charge in [0.15, 0.2) is 0 Å². The van der Waals surface area contributed by atoms with E-state index < -0.39 is 21.9 Å². The lowest BCUT2D eigenvalue weighted by molar-refractivity contribution is -0.132. The third kappa shape index (κ3) is 4.14. The van der Waals surface area contributed by atoms with Crippen LogP contribution >= 0.6 is 34.8 Å². The van der Waals surface area contributed by atoms with Crippen molar-refractivity contribution in [2.45, 2.75) is 13.0 Å². The first kappa shape index (κ1) is 22.1. The van der Waals surface area contributed by atoms with Crippen molar-refractivity contribution in [1.82, 2.24) is 9.55 Å². The van der Waals surface area contributed by atoms with Crippen LogP contribution in [-0.2, 0) is 16.1 Å². The normalized spacial score (nSPS) is 14.9. The Morgan fingerprint density at radius 2 is 1.88 bits per heavy atom. The smallest absolute Gasteiger partial charge is 0.349 e. The van der Waals surface area contributed by atoms with Crippen molar-refractivity contribution in [2.24, 2.45) is 0 Å². The van der Waals surface area contributed by atoms with Crippen LogP contribution in [0.4, 0.5) is 5.69 Å². The number of carboxylic acid groups (broad SMARTS) is 1. The van der Waals surface area contributed by atoms with Crippen molar-refractivity contribution in [1.29, 1.82) is 0 Å². The number of carbonyl (C=O) groups is 2. The zero-order valence-corrected chi connectivity index (χ0v) is 18.5. The van der Waals surface area contributed by atoms with Crippen LogP contribution in [0.25, 0.3) is 22.6 Å². The lowest BCUT2D eigenvalue weighted by Gasteiger charge is -2.09. The minimum absolute atomic E-state index is 0.197. The average Bonchev–Trinajstić information content (AvgIpc) is 3.17. The van der Waals surface area contributed by atoms with E-state index in [4.69, 9.17) is 39.9 Å². The monoisotopic (exact) mass is 489 g/mol. The fraction of sp³-hybridized carbons (Fsp3) is 0.0909. The van der Waals surface area contributed by atoms with E-state index >= 15 is 0 Å². The highest BCUT2D eigenvalue weighted by atomic mass is 35.5. The van der Waals surface area contributed by atoms with Crippen molar-refractivity contribution >= 4 is 74.9 Å². The van der Waals surface area contributed by atoms with Gasteiger partial charge < -0.3 is 10.4 Å². The zero-order valence-electron chi connectivity index (χ0n) is 16.2. The van der Waals surface area contributed by atoms with Gasteiger partial charge in [0.25, 0.3) is 11.5 Å². The summed E-state index contributed by atoms with van der Waals surface area (Å²) in [4.78, 5) is 40.7. The van der Waals surface area contributed by atoms with Gasteiger partial charge in [-0.1, -0.05) is 53.0 Å². The van der Waals surface area contributed by atoms with Crippen LogP contribution in [0.1, 0.15) is 17.8 Å². The molecule has 0 radical (unpaired) electrons. The molecule has 2 N–H and O–H groups in total. The molecule has 0 unspecified atom stereocenters. The maximum atomic E-state index is 13.0. The van der Waals surface area contributed by atoms with Crippen molar-refractivity contribution < 1.29 is 14.7 Å². The topological polar surface area (TPSA) is 101 Å². The summed E-state index contributed by atoms with van der Waals surface area (Å²) in [7, 11) is 0. The summed E-state index contributed by atoms with van der Waals surface area (Å²) in [5.74, 6) is -1.89. The molecule has 162 valence electrons. The Morgan fingerprint density at radius 1 is 1.12 bits per heavy atom. The van der Waals surface area contributed by atoms with Gasteiger partial charge in [0.2, 0.25) is 0 Å². The molecule has 0 saturated heterocycles. The fourth-order valence-corrected chi connectivity index (χ4v) is 3.80. The Hall–Kier alpha value is -3.13. The van der Waals surface area contributed by atoms with E-state index in [1.165, 1.54) is 12.1 Å². The van der Waals surface area contributed by atoms with Gasteiger partial charge in [0.05, 0.1) is 10.9 Å². The Bertz CT molecular complexity index is 1410. The largest absolute Gasteiger partial charge is 0.477 e. The maximum Gasteiger partial charge on any atom is 0.349 e. The average molecular weight is 491 g/mol. The first-order chi connectivity index (χ1) is 15.3. The molecular weight excluding hydrogens is 477 g/mol. The van der Waals surface area contributed by atoms with E-state index in [1.54, 1.807) is 16.7 Å². The van der Waals surface area contributed by atoms with Crippen LogP contribution in [0.5, 0.6) is 0 Å². The number of hydrogen-bond donors (Lipinski definition) is 2. The summed E-state index contributed by atoms with van der Waals surface area (Å²) in [5, 5.41) is 10.8. The standard InChI is InChI=1S/C22H14Cl3N3O4/c23-15-4-2-1-3-11(15)9-12-7-8-28-19(12)27-16-10-13(5-6-14(16)21(28)30)26-20(29)17(24)18(25)22(31)32/h1-6,9-10H,7-8H2,(H,26,29)(H,31,32)/b12-9?,18-17-. The molecule has 0 spiro atoms. The van der Waals surface area contributed by atoms with Gasteiger partial charge in [-0.05, 0) is 47.9 Å². The maximum absolute atomic E-state index is 13.0. The molecule has 2 heterocycles. The highest BCUT2D eigenvalue weighted by Gasteiger charge is 2.22. The molecule has 2 aromatic carbocycles. The lowest BCUT2D eigenvalue weighted by Crippen LogP contribution is -2.21. The Morgan fingerprint density at radius 3 is 2.59 bits per heavy atom. The second kappa shape index (κ2) is 8.78. The van der Waals surface area contributed by atoms with E-state index in [1.807, 2.05) is 24.3 Å². The Kier molecular flexibility index (Phi) is 6.06. The number of aliphatic carboxylic acids is 1. The molecule has 1 aliphatic rings. The number of nitrogens with one attached hydrogen (secondary N) is 1. The molecule has 10 heteroatoms. The molecule has 0 fully saturated rings. The molecule has 0 bridgehead atoms. The predicted octanol–water partition coefficient (Wildman–Crippen LogP) is 4.71. The van der Waals surface area contributed by atoms with Gasteiger partial charge in [-0.3, -0.25) is 14.2 Å². The summed E-state index contributed by atoms with van der Waals surface area (Å²) >= 11 is 17.5. The fourth-order valence-electron chi connectivity index (χ4n) is 3.39. The number of benzene rings is 2. The first-order valence-electron chi connectivity index (χ1n) is 9.36. The molecule has 0 saturated carbocycles. The summed E-state index contributed by atoms with van der Waals surface area (Å²) in [6.07, 6.45) is 2.53. The number of aromatic nitrogens is 2. The summed E-state index contributed by atoms with van der Waals surface area (Å²) in [5.41, 5.74) is 2.14. The summed E-state index contributed by atoms with van der Waals surface area (Å²) in [6, 6.07) is 11.9. The Labute approximate surface area is 196 Å². The van der Waals surface area contributed by atoms with E-state index in [2.05, 4.69) is 10.3 Å². The molecule has 1 aliphatic heterocycles. The first-order valence-corrected chi connectivity index (χ1v) is 10.5. The summed E-state index contributed by atoms with van der Waals surface area (Å²) in [6.45, 7) is 0.500. The van der Waals surface area contributed by atoms with Gasteiger partial charge >= 0.3 is 5.97 Å². The number of amides is 1. The minimum Gasteiger partial charge on any atom is -0.477 e. The number of halogens is 3. The molecule has 0 atom stereocenters. The molecule has 1 amide bonds. The van der Waals surface area contributed by atoms with Gasteiger partial charge in [-0.2, -0.15) is 0 Å². The van der Waals surface area contributed by atoms with Crippen LogP contribution in [0.2, 0.25) is 5.02 Å². The molecule has 3 aromatic rings. The zero-order chi connectivity index (χ0) is 23.0. The van der Waals surface area contributed by atoms with Crippen LogP contribution < -0.4 is 10.9 Å². The van der Waals surface area contributed by atoms with E-state index in [-0.39, 0.29) is 11.2 Å². The van der Waals surface area contributed by atoms with Crippen molar-refractivity contribution in [3.63, 3.8) is 0 Å². The van der Waals surface area contributed by atoms with Crippen LogP contribution in [-0.4, -0.2) is 26.5 Å². The van der Waals surface area contributed by atoms with Crippen LogP contribution in [0.3, 0.4) is 0 Å². The van der Waals surface area contributed by atoms with E-state index in [0.717, 1.165) is 11.1 Å². The van der Waals surface area contributed by atoms with E-state index in [0.29, 0.717) is 34.7 Å². The molecule has 4 rings (SSSR count).